The normalized spacial score (nSPS) is 15.3. The molecule has 1 N–H and O–H groups in total. The summed E-state index contributed by atoms with van der Waals surface area (Å²) in [6.45, 7) is 11.3. The Morgan fingerprint density at radius 2 is 1.93 bits per heavy atom. The molecule has 162 valence electrons. The number of hydrogen-bond acceptors (Lipinski definition) is 7. The van der Waals surface area contributed by atoms with Crippen LogP contribution < -0.4 is 10.2 Å². The maximum absolute atomic E-state index is 12.7. The third kappa shape index (κ3) is 5.60. The highest BCUT2D eigenvalue weighted by molar-refractivity contribution is 8.00. The minimum Gasteiger partial charge on any atom is -0.378 e. The van der Waals surface area contributed by atoms with Gasteiger partial charge in [-0.05, 0) is 31.9 Å². The van der Waals surface area contributed by atoms with Gasteiger partial charge < -0.3 is 15.0 Å². The number of ether oxygens (including phenoxy) is 1. The predicted molar refractivity (Wildman–Crippen MR) is 118 cm³/mol. The van der Waals surface area contributed by atoms with Gasteiger partial charge in [-0.3, -0.25) is 14.2 Å². The molecule has 1 aromatic carbocycles. The van der Waals surface area contributed by atoms with Crippen molar-refractivity contribution < 1.29 is 14.3 Å². The Morgan fingerprint density at radius 1 is 1.20 bits per heavy atom. The summed E-state index contributed by atoms with van der Waals surface area (Å²) in [6, 6.07) is 6.96. The molecule has 2 aromatic rings. The number of carbonyl (C=O) groups excluding carboxylic acids is 2. The van der Waals surface area contributed by atoms with Crippen molar-refractivity contribution in [3.63, 3.8) is 0 Å². The first kappa shape index (κ1) is 22.3. The van der Waals surface area contributed by atoms with E-state index in [-0.39, 0.29) is 16.9 Å². The lowest BCUT2D eigenvalue weighted by Crippen LogP contribution is -2.38. The fourth-order valence-corrected chi connectivity index (χ4v) is 4.02. The number of morpholine rings is 1. The van der Waals surface area contributed by atoms with E-state index >= 15 is 0 Å². The number of hydrogen-bond donors (Lipinski definition) is 1. The number of ketones is 1. The Bertz CT molecular complexity index is 893. The quantitative estimate of drug-likeness (QED) is 0.507. The van der Waals surface area contributed by atoms with Crippen LogP contribution in [0.3, 0.4) is 0 Å². The van der Waals surface area contributed by atoms with Crippen molar-refractivity contribution in [2.75, 3.05) is 36.5 Å². The Balaban J connectivity index is 1.72. The zero-order valence-electron chi connectivity index (χ0n) is 17.9. The van der Waals surface area contributed by atoms with Gasteiger partial charge in [0, 0.05) is 30.9 Å². The van der Waals surface area contributed by atoms with Crippen molar-refractivity contribution in [3.05, 3.63) is 29.8 Å². The number of nitrogens with one attached hydrogen (secondary N) is 1. The van der Waals surface area contributed by atoms with Gasteiger partial charge in [-0.1, -0.05) is 37.7 Å². The van der Waals surface area contributed by atoms with E-state index in [0.29, 0.717) is 30.4 Å². The first-order valence-electron chi connectivity index (χ1n) is 10.2. The van der Waals surface area contributed by atoms with Gasteiger partial charge in [-0.2, -0.15) is 0 Å². The highest BCUT2D eigenvalue weighted by atomic mass is 32.2. The summed E-state index contributed by atoms with van der Waals surface area (Å²) in [4.78, 5) is 26.5. The maximum Gasteiger partial charge on any atom is 0.237 e. The molecule has 1 aliphatic heterocycles. The van der Waals surface area contributed by atoms with E-state index in [9.17, 15) is 9.59 Å². The molecular weight excluding hydrogens is 402 g/mol. The Kier molecular flexibility index (Phi) is 7.49. The van der Waals surface area contributed by atoms with Gasteiger partial charge in [0.25, 0.3) is 0 Å². The number of anilines is 2. The van der Waals surface area contributed by atoms with Crippen LogP contribution in [0, 0.1) is 5.92 Å². The van der Waals surface area contributed by atoms with Crippen LogP contribution in [0.4, 0.5) is 11.6 Å². The number of benzene rings is 1. The second kappa shape index (κ2) is 10.1. The molecule has 3 rings (SSSR count). The first-order valence-corrected chi connectivity index (χ1v) is 11.1. The molecule has 1 amide bonds. The van der Waals surface area contributed by atoms with E-state index in [4.69, 9.17) is 4.74 Å². The molecule has 0 radical (unpaired) electrons. The molecule has 0 spiro atoms. The van der Waals surface area contributed by atoms with E-state index in [1.807, 2.05) is 6.92 Å². The molecule has 1 aliphatic rings. The van der Waals surface area contributed by atoms with E-state index in [2.05, 4.69) is 38.8 Å². The summed E-state index contributed by atoms with van der Waals surface area (Å²) in [6.07, 6.45) is 0. The van der Waals surface area contributed by atoms with Crippen molar-refractivity contribution in [2.45, 2.75) is 44.6 Å². The van der Waals surface area contributed by atoms with Crippen molar-refractivity contribution in [2.24, 2.45) is 5.92 Å². The lowest BCUT2D eigenvalue weighted by Gasteiger charge is -2.28. The van der Waals surface area contributed by atoms with Gasteiger partial charge >= 0.3 is 0 Å². The summed E-state index contributed by atoms with van der Waals surface area (Å²) >= 11 is 1.39. The molecule has 1 saturated heterocycles. The van der Waals surface area contributed by atoms with Gasteiger partial charge in [0.05, 0.1) is 18.5 Å². The number of nitrogens with zero attached hydrogens (tertiary/aromatic N) is 4. The van der Waals surface area contributed by atoms with Crippen molar-refractivity contribution in [1.82, 2.24) is 14.8 Å². The van der Waals surface area contributed by atoms with Crippen molar-refractivity contribution >= 4 is 35.1 Å². The fraction of sp³-hybridized carbons (Fsp3) is 0.524. The lowest BCUT2D eigenvalue weighted by atomic mass is 10.1. The third-order valence-electron chi connectivity index (χ3n) is 4.73. The molecule has 2 heterocycles. The summed E-state index contributed by atoms with van der Waals surface area (Å²) in [5, 5.41) is 12.0. The van der Waals surface area contributed by atoms with Crippen LogP contribution in [0.2, 0.25) is 0 Å². The minimum atomic E-state index is -0.376. The lowest BCUT2D eigenvalue weighted by molar-refractivity contribution is -0.115. The molecule has 0 unspecified atom stereocenters. The van der Waals surface area contributed by atoms with E-state index in [0.717, 1.165) is 30.7 Å². The van der Waals surface area contributed by atoms with Crippen LogP contribution in [0.15, 0.2) is 29.4 Å². The SMILES string of the molecule is CC(=O)c1cccc(NC(=O)[C@@H](C)Sc2nnc(N3CCOCC3)n2CC(C)C)c1. The summed E-state index contributed by atoms with van der Waals surface area (Å²) in [5.41, 5.74) is 1.18. The standard InChI is InChI=1S/C21H29N5O3S/c1-14(2)13-26-20(25-8-10-29-11-9-25)23-24-21(26)30-16(4)19(28)22-18-7-5-6-17(12-18)15(3)27/h5-7,12,14,16H,8-11,13H2,1-4H3,(H,22,28)/t16-/m1/s1. The van der Waals surface area contributed by atoms with Crippen LogP contribution in [-0.4, -0.2) is 58.0 Å². The second-order valence-corrected chi connectivity index (χ2v) is 9.08. The molecule has 0 saturated carbocycles. The average Bonchev–Trinajstić information content (AvgIpc) is 3.10. The number of amides is 1. The molecular formula is C21H29N5O3S. The van der Waals surface area contributed by atoms with Gasteiger partial charge in [-0.15, -0.1) is 10.2 Å². The molecule has 9 heteroatoms. The molecule has 8 nitrogen and oxygen atoms in total. The highest BCUT2D eigenvalue weighted by Crippen LogP contribution is 2.28. The van der Waals surface area contributed by atoms with Gasteiger partial charge in [0.2, 0.25) is 11.9 Å². The van der Waals surface area contributed by atoms with Gasteiger partial charge in [-0.25, -0.2) is 0 Å². The molecule has 1 aromatic heterocycles. The number of Topliss-reactive ketones (excluding diaryl/α,β-unsaturated/α-hetero) is 1. The summed E-state index contributed by atoms with van der Waals surface area (Å²) in [5.74, 6) is 1.06. The number of aromatic nitrogens is 3. The predicted octanol–water partition coefficient (Wildman–Crippen LogP) is 3.09. The van der Waals surface area contributed by atoms with Crippen LogP contribution >= 0.6 is 11.8 Å². The van der Waals surface area contributed by atoms with E-state index in [1.165, 1.54) is 18.7 Å². The van der Waals surface area contributed by atoms with Crippen LogP contribution in [0.1, 0.15) is 38.1 Å². The zero-order valence-corrected chi connectivity index (χ0v) is 18.7. The van der Waals surface area contributed by atoms with Crippen LogP contribution in [0.5, 0.6) is 0 Å². The van der Waals surface area contributed by atoms with Crippen molar-refractivity contribution in [3.8, 4) is 0 Å². The van der Waals surface area contributed by atoms with Crippen molar-refractivity contribution in [1.29, 1.82) is 0 Å². The topological polar surface area (TPSA) is 89.3 Å². The van der Waals surface area contributed by atoms with E-state index < -0.39 is 0 Å². The Hall–Kier alpha value is -2.39. The highest BCUT2D eigenvalue weighted by Gasteiger charge is 2.24. The minimum absolute atomic E-state index is 0.0362. The molecule has 0 aliphatic carbocycles. The second-order valence-electron chi connectivity index (χ2n) is 7.77. The monoisotopic (exact) mass is 431 g/mol. The van der Waals surface area contributed by atoms with E-state index in [1.54, 1.807) is 24.3 Å². The summed E-state index contributed by atoms with van der Waals surface area (Å²) < 4.78 is 7.54. The average molecular weight is 432 g/mol. The molecule has 0 bridgehead atoms. The fourth-order valence-electron chi connectivity index (χ4n) is 3.16. The smallest absolute Gasteiger partial charge is 0.237 e. The molecule has 1 fully saturated rings. The number of carbonyl (C=O) groups is 2. The Labute approximate surface area is 181 Å². The van der Waals surface area contributed by atoms with Gasteiger partial charge in [0.1, 0.15) is 0 Å². The van der Waals surface area contributed by atoms with Crippen LogP contribution in [-0.2, 0) is 16.1 Å². The first-order chi connectivity index (χ1) is 14.3. The third-order valence-corrected chi connectivity index (χ3v) is 5.81. The number of rotatable bonds is 8. The summed E-state index contributed by atoms with van der Waals surface area (Å²) in [7, 11) is 0. The van der Waals surface area contributed by atoms with Gasteiger partial charge in [0.15, 0.2) is 10.9 Å². The Morgan fingerprint density at radius 3 is 2.60 bits per heavy atom. The largest absolute Gasteiger partial charge is 0.378 e. The van der Waals surface area contributed by atoms with Crippen LogP contribution in [0.25, 0.3) is 0 Å². The number of thioether (sulfide) groups is 1. The molecule has 1 atom stereocenters. The molecule has 30 heavy (non-hydrogen) atoms. The maximum atomic E-state index is 12.7. The zero-order chi connectivity index (χ0) is 21.7.